The number of pyridine rings is 1. The van der Waals surface area contributed by atoms with E-state index in [1.54, 1.807) is 6.07 Å². The number of fused-ring (bicyclic) bond motifs is 1. The van der Waals surface area contributed by atoms with E-state index in [0.717, 1.165) is 104 Å². The van der Waals surface area contributed by atoms with Crippen molar-refractivity contribution in [3.8, 4) is 10.6 Å². The van der Waals surface area contributed by atoms with Crippen LogP contribution in [0.25, 0.3) is 20.9 Å². The van der Waals surface area contributed by atoms with Crippen molar-refractivity contribution in [3.05, 3.63) is 59.7 Å². The number of aryl methyl sites for hydroxylation is 1. The Morgan fingerprint density at radius 1 is 1.00 bits per heavy atom. The van der Waals surface area contributed by atoms with E-state index in [-0.39, 0.29) is 19.4 Å². The van der Waals surface area contributed by atoms with Crippen molar-refractivity contribution in [2.24, 2.45) is 5.92 Å². The number of aromatic nitrogens is 4. The van der Waals surface area contributed by atoms with Crippen molar-refractivity contribution in [1.29, 1.82) is 0 Å². The first kappa shape index (κ1) is 37.3. The largest absolute Gasteiger partial charge is 0.373 e. The maximum absolute atomic E-state index is 13.6. The first-order chi connectivity index (χ1) is 22.9. The van der Waals surface area contributed by atoms with Crippen molar-refractivity contribution in [3.63, 3.8) is 0 Å². The highest BCUT2D eigenvalue weighted by atomic mass is 32.1. The number of hydrogen-bond donors (Lipinski definition) is 4. The van der Waals surface area contributed by atoms with E-state index in [0.29, 0.717) is 35.7 Å². The Balaban J connectivity index is 0.000000986. The minimum absolute atomic E-state index is 0. The third-order valence-electron chi connectivity index (χ3n) is 7.93. The third kappa shape index (κ3) is 11.0. The molecule has 1 amide bonds. The number of hydrogen-bond acceptors (Lipinski definition) is 10. The highest BCUT2D eigenvalue weighted by Gasteiger charge is 2.19. The number of carbonyl (C=O) groups excluding carboxylic acids is 1. The molecule has 4 N–H and O–H groups in total. The molecule has 48 heavy (non-hydrogen) atoms. The lowest BCUT2D eigenvalue weighted by Crippen LogP contribution is -2.35. The molecule has 2 saturated heterocycles. The summed E-state index contributed by atoms with van der Waals surface area (Å²) in [6.45, 7) is 13.1. The Kier molecular flexibility index (Phi) is 14.7. The van der Waals surface area contributed by atoms with Crippen LogP contribution in [0, 0.1) is 5.92 Å². The Morgan fingerprint density at radius 3 is 2.44 bits per heavy atom. The Hall–Kier alpha value is -3.51. The number of thiazole rings is 1. The molecule has 0 atom stereocenters. The summed E-state index contributed by atoms with van der Waals surface area (Å²) >= 11 is 1.51. The molecule has 0 aliphatic carbocycles. The second-order valence-electron chi connectivity index (χ2n) is 13.0. The van der Waals surface area contributed by atoms with Crippen molar-refractivity contribution >= 4 is 39.1 Å². The van der Waals surface area contributed by atoms with Gasteiger partial charge in [-0.25, -0.2) is 19.9 Å². The van der Waals surface area contributed by atoms with Crippen LogP contribution in [0.3, 0.4) is 0 Å². The number of amides is 1. The molecule has 2 fully saturated rings. The second kappa shape index (κ2) is 18.9. The molecule has 1 aromatic carbocycles. The first-order valence-corrected chi connectivity index (χ1v) is 18.0. The van der Waals surface area contributed by atoms with E-state index in [4.69, 9.17) is 14.7 Å². The van der Waals surface area contributed by atoms with Crippen molar-refractivity contribution in [2.45, 2.75) is 98.8 Å². The fourth-order valence-corrected chi connectivity index (χ4v) is 6.44. The smallest absolute Gasteiger partial charge is 0.274 e. The van der Waals surface area contributed by atoms with Gasteiger partial charge in [0.15, 0.2) is 0 Å². The molecular weight excluding hydrogens is 621 g/mol. The van der Waals surface area contributed by atoms with Gasteiger partial charge in [-0.3, -0.25) is 4.79 Å². The van der Waals surface area contributed by atoms with Crippen molar-refractivity contribution in [2.75, 3.05) is 36.8 Å². The van der Waals surface area contributed by atoms with E-state index in [2.05, 4.69) is 65.0 Å². The summed E-state index contributed by atoms with van der Waals surface area (Å²) in [4.78, 5) is 33.4. The van der Waals surface area contributed by atoms with Gasteiger partial charge in [-0.05, 0) is 88.0 Å². The number of nitrogens with zero attached hydrogens (tertiary/aromatic N) is 4. The average molecular weight is 675 g/mol. The molecule has 2 aliphatic heterocycles. The summed E-state index contributed by atoms with van der Waals surface area (Å²) in [7, 11) is 0. The van der Waals surface area contributed by atoms with Crippen LogP contribution in [0.15, 0.2) is 42.6 Å². The van der Waals surface area contributed by atoms with E-state index in [1.165, 1.54) is 11.3 Å². The Labute approximate surface area is 290 Å². The maximum Gasteiger partial charge on any atom is 0.274 e. The lowest BCUT2D eigenvalue weighted by molar-refractivity contribution is 0.0211. The van der Waals surface area contributed by atoms with Crippen LogP contribution in [0.5, 0.6) is 0 Å². The molecule has 4 aromatic rings. The van der Waals surface area contributed by atoms with Gasteiger partial charge in [0.2, 0.25) is 0 Å². The van der Waals surface area contributed by atoms with Gasteiger partial charge < -0.3 is 26.0 Å². The van der Waals surface area contributed by atoms with Gasteiger partial charge in [0.1, 0.15) is 32.7 Å². The molecule has 0 radical (unpaired) electrons. The highest BCUT2D eigenvalue weighted by Crippen LogP contribution is 2.34. The van der Waals surface area contributed by atoms with E-state index in [9.17, 15) is 4.79 Å². The number of rotatable bonds is 11. The SMILES string of the molecule is C.CC(C)C.CCCCc1nc(NC2CCNCC2)cc(C(=O)Nc2ccccc2-c2nc3cc(COC4CCNCC4)cnc3s2)n1. The van der Waals surface area contributed by atoms with Crippen molar-refractivity contribution in [1.82, 2.24) is 30.6 Å². The molecule has 3 aromatic heterocycles. The molecule has 11 heteroatoms. The lowest BCUT2D eigenvalue weighted by atomic mass is 10.1. The summed E-state index contributed by atoms with van der Waals surface area (Å²) in [6.07, 6.45) is 9.01. The van der Waals surface area contributed by atoms with Gasteiger partial charge in [0.05, 0.1) is 18.4 Å². The van der Waals surface area contributed by atoms with Crippen LogP contribution in [0.2, 0.25) is 0 Å². The number of para-hydroxylation sites is 1. The van der Waals surface area contributed by atoms with Gasteiger partial charge in [-0.2, -0.15) is 0 Å². The minimum Gasteiger partial charge on any atom is -0.373 e. The summed E-state index contributed by atoms with van der Waals surface area (Å²) in [6, 6.07) is 11.9. The van der Waals surface area contributed by atoms with Crippen LogP contribution in [0.1, 0.15) is 95.5 Å². The van der Waals surface area contributed by atoms with Crippen LogP contribution in [0.4, 0.5) is 11.5 Å². The molecule has 0 saturated carbocycles. The highest BCUT2D eigenvalue weighted by molar-refractivity contribution is 7.21. The monoisotopic (exact) mass is 674 g/mol. The van der Waals surface area contributed by atoms with E-state index < -0.39 is 0 Å². The number of benzene rings is 1. The molecule has 2 aliphatic rings. The molecule has 6 rings (SSSR count). The van der Waals surface area contributed by atoms with Crippen LogP contribution < -0.4 is 21.3 Å². The normalized spacial score (nSPS) is 15.4. The van der Waals surface area contributed by atoms with Gasteiger partial charge >= 0.3 is 0 Å². The van der Waals surface area contributed by atoms with Gasteiger partial charge in [-0.15, -0.1) is 0 Å². The second-order valence-corrected chi connectivity index (χ2v) is 14.0. The Bertz CT molecular complexity index is 1580. The van der Waals surface area contributed by atoms with Gasteiger partial charge in [0.25, 0.3) is 5.91 Å². The molecule has 260 valence electrons. The summed E-state index contributed by atoms with van der Waals surface area (Å²) < 4.78 is 6.13. The molecule has 0 bridgehead atoms. The van der Waals surface area contributed by atoms with Crippen LogP contribution in [-0.2, 0) is 17.8 Å². The fourth-order valence-electron chi connectivity index (χ4n) is 5.51. The number of unbranched alkanes of at least 4 members (excludes halogenated alkanes) is 1. The zero-order chi connectivity index (χ0) is 33.0. The maximum atomic E-state index is 13.6. The van der Waals surface area contributed by atoms with Gasteiger partial charge in [0, 0.05) is 30.3 Å². The van der Waals surface area contributed by atoms with E-state index >= 15 is 0 Å². The fraction of sp³-hybridized carbons (Fsp3) is 0.541. The quantitative estimate of drug-likeness (QED) is 0.128. The predicted molar refractivity (Wildman–Crippen MR) is 199 cm³/mol. The zero-order valence-electron chi connectivity index (χ0n) is 28.3. The predicted octanol–water partition coefficient (Wildman–Crippen LogP) is 7.47. The standard InChI is InChI=1S/C32H40N8O2S.C4H10.CH4/c1-2-3-8-28-37-26(18-29(40-28)36-22-9-13-33-14-10-22)30(41)38-25-7-5-4-6-24(25)31-39-27-17-21(19-35-32(27)43-31)20-42-23-11-15-34-16-12-23;1-4(2)3;/h4-7,17-19,22-23,33-34H,2-3,8-16,20H2,1H3,(H,38,41)(H,36,37,40);4H,1-3H3;1H4. The number of carbonyl (C=O) groups is 1. The summed E-state index contributed by atoms with van der Waals surface area (Å²) in [5.41, 5.74) is 3.73. The summed E-state index contributed by atoms with van der Waals surface area (Å²) in [5.74, 6) is 1.97. The zero-order valence-corrected chi connectivity index (χ0v) is 29.1. The number of nitrogens with one attached hydrogen (secondary N) is 4. The van der Waals surface area contributed by atoms with Crippen LogP contribution in [-0.4, -0.2) is 64.2 Å². The topological polar surface area (TPSA) is 126 Å². The number of anilines is 2. The third-order valence-corrected chi connectivity index (χ3v) is 8.94. The number of piperidine rings is 2. The molecular formula is C37H54N8O2S. The average Bonchev–Trinajstić information content (AvgIpc) is 3.51. The molecule has 0 unspecified atom stereocenters. The van der Waals surface area contributed by atoms with Gasteiger partial charge in [-0.1, -0.05) is 65.0 Å². The number of ether oxygens (including phenoxy) is 1. The lowest BCUT2D eigenvalue weighted by Gasteiger charge is -2.24. The van der Waals surface area contributed by atoms with Crippen molar-refractivity contribution < 1.29 is 9.53 Å². The molecule has 0 spiro atoms. The minimum atomic E-state index is -0.266. The Morgan fingerprint density at radius 2 is 1.71 bits per heavy atom. The summed E-state index contributed by atoms with van der Waals surface area (Å²) in [5, 5.41) is 14.2. The molecule has 10 nitrogen and oxygen atoms in total. The van der Waals surface area contributed by atoms with E-state index in [1.807, 2.05) is 30.5 Å². The first-order valence-electron chi connectivity index (χ1n) is 17.2. The van der Waals surface area contributed by atoms with Crippen LogP contribution >= 0.6 is 11.3 Å². The molecule has 5 heterocycles.